The van der Waals surface area contributed by atoms with Crippen LogP contribution in [0.2, 0.25) is 0 Å². The lowest BCUT2D eigenvalue weighted by Gasteiger charge is -2.40. The Labute approximate surface area is 123 Å². The predicted octanol–water partition coefficient (Wildman–Crippen LogP) is 1.93. The van der Waals surface area contributed by atoms with E-state index in [0.717, 1.165) is 58.9 Å². The Bertz CT molecular complexity index is 372. The van der Waals surface area contributed by atoms with Crippen LogP contribution < -0.4 is 0 Å². The molecule has 3 aliphatic heterocycles. The van der Waals surface area contributed by atoms with Crippen molar-refractivity contribution in [2.45, 2.75) is 18.9 Å². The van der Waals surface area contributed by atoms with Crippen molar-refractivity contribution in [3.8, 4) is 0 Å². The molecular weight excluding hydrogens is 308 g/mol. The largest absolute Gasteiger partial charge is 0.381 e. The van der Waals surface area contributed by atoms with Crippen molar-refractivity contribution in [1.82, 2.24) is 9.80 Å². The molecule has 3 aliphatic rings. The molecule has 4 nitrogen and oxygen atoms in total. The standard InChI is InChI=1S/C14H21BrN2O2/c15-12-9-14(16-3-7-19-8-4-16)11-17(10-12)13-1-5-18-6-2-13/h9-10,13H,1-8,11H2. The summed E-state index contributed by atoms with van der Waals surface area (Å²) in [5, 5.41) is 0. The van der Waals surface area contributed by atoms with Crippen LogP contribution >= 0.6 is 15.9 Å². The molecule has 3 rings (SSSR count). The number of ether oxygens (including phenoxy) is 2. The molecule has 0 aromatic carbocycles. The van der Waals surface area contributed by atoms with Gasteiger partial charge in [0.2, 0.25) is 0 Å². The molecule has 0 radical (unpaired) electrons. The van der Waals surface area contributed by atoms with Crippen LogP contribution in [-0.2, 0) is 9.47 Å². The second-order valence-electron chi connectivity index (χ2n) is 5.26. The molecule has 0 aliphatic carbocycles. The summed E-state index contributed by atoms with van der Waals surface area (Å²) in [6, 6.07) is 0.617. The Hall–Kier alpha value is -0.520. The number of nitrogens with zero attached hydrogens (tertiary/aromatic N) is 2. The fraction of sp³-hybridized carbons (Fsp3) is 0.714. The molecule has 19 heavy (non-hydrogen) atoms. The maximum atomic E-state index is 5.46. The van der Waals surface area contributed by atoms with Crippen LogP contribution in [0.15, 0.2) is 22.5 Å². The summed E-state index contributed by atoms with van der Waals surface area (Å²) < 4.78 is 12.1. The fourth-order valence-corrected chi connectivity index (χ4v) is 3.45. The van der Waals surface area contributed by atoms with Crippen LogP contribution in [0.25, 0.3) is 0 Å². The molecule has 2 saturated heterocycles. The van der Waals surface area contributed by atoms with Crippen molar-refractivity contribution < 1.29 is 9.47 Å². The summed E-state index contributed by atoms with van der Waals surface area (Å²) in [6.45, 7) is 6.50. The monoisotopic (exact) mass is 328 g/mol. The third-order valence-electron chi connectivity index (χ3n) is 4.02. The van der Waals surface area contributed by atoms with E-state index in [2.05, 4.69) is 38.0 Å². The number of morpholine rings is 1. The lowest BCUT2D eigenvalue weighted by atomic mass is 10.1. The Morgan fingerprint density at radius 3 is 2.47 bits per heavy atom. The molecular formula is C14H21BrN2O2. The van der Waals surface area contributed by atoms with Gasteiger partial charge in [-0.05, 0) is 34.8 Å². The van der Waals surface area contributed by atoms with Gasteiger partial charge in [0.25, 0.3) is 0 Å². The number of hydrogen-bond donors (Lipinski definition) is 0. The molecule has 2 fully saturated rings. The maximum absolute atomic E-state index is 5.46. The summed E-state index contributed by atoms with van der Waals surface area (Å²) >= 11 is 3.66. The SMILES string of the molecule is BrC1=CN(C2CCOCC2)CC(N2CCOCC2)=C1. The van der Waals surface area contributed by atoms with Crippen LogP contribution in [0, 0.1) is 0 Å². The van der Waals surface area contributed by atoms with E-state index in [1.165, 1.54) is 10.2 Å². The van der Waals surface area contributed by atoms with Crippen molar-refractivity contribution in [3.05, 3.63) is 22.5 Å². The van der Waals surface area contributed by atoms with Gasteiger partial charge >= 0.3 is 0 Å². The minimum absolute atomic E-state index is 0.617. The number of allylic oxidation sites excluding steroid dienone is 2. The van der Waals surface area contributed by atoms with Gasteiger partial charge in [0.15, 0.2) is 0 Å². The van der Waals surface area contributed by atoms with Gasteiger partial charge in [-0.25, -0.2) is 0 Å². The highest BCUT2D eigenvalue weighted by Gasteiger charge is 2.25. The Balaban J connectivity index is 1.67. The minimum Gasteiger partial charge on any atom is -0.381 e. The molecule has 3 heterocycles. The van der Waals surface area contributed by atoms with Crippen molar-refractivity contribution in [1.29, 1.82) is 0 Å². The Morgan fingerprint density at radius 2 is 1.74 bits per heavy atom. The van der Waals surface area contributed by atoms with Crippen LogP contribution in [0.4, 0.5) is 0 Å². The van der Waals surface area contributed by atoms with Crippen LogP contribution in [0.5, 0.6) is 0 Å². The average molecular weight is 329 g/mol. The molecule has 0 unspecified atom stereocenters. The molecule has 0 amide bonds. The van der Waals surface area contributed by atoms with Gasteiger partial charge in [-0.3, -0.25) is 0 Å². The van der Waals surface area contributed by atoms with Gasteiger partial charge in [0.05, 0.1) is 19.8 Å². The van der Waals surface area contributed by atoms with Crippen LogP contribution in [0.3, 0.4) is 0 Å². The molecule has 5 heteroatoms. The quantitative estimate of drug-likeness (QED) is 0.773. The van der Waals surface area contributed by atoms with E-state index in [9.17, 15) is 0 Å². The van der Waals surface area contributed by atoms with Crippen LogP contribution in [-0.4, -0.2) is 61.9 Å². The van der Waals surface area contributed by atoms with Crippen molar-refractivity contribution in [3.63, 3.8) is 0 Å². The summed E-state index contributed by atoms with van der Waals surface area (Å²) in [5.41, 5.74) is 1.41. The number of hydrogen-bond acceptors (Lipinski definition) is 4. The van der Waals surface area contributed by atoms with Gasteiger partial charge in [0, 0.05) is 48.7 Å². The smallest absolute Gasteiger partial charge is 0.0642 e. The number of rotatable bonds is 2. The molecule has 106 valence electrons. The van der Waals surface area contributed by atoms with Gasteiger partial charge in [-0.2, -0.15) is 0 Å². The van der Waals surface area contributed by atoms with Crippen molar-refractivity contribution in [2.24, 2.45) is 0 Å². The first kappa shape index (κ1) is 13.5. The zero-order valence-electron chi connectivity index (χ0n) is 11.2. The topological polar surface area (TPSA) is 24.9 Å². The molecule has 0 bridgehead atoms. The summed E-state index contributed by atoms with van der Waals surface area (Å²) in [6.07, 6.45) is 6.75. The van der Waals surface area contributed by atoms with E-state index in [1.54, 1.807) is 0 Å². The van der Waals surface area contributed by atoms with Gasteiger partial charge in [-0.15, -0.1) is 0 Å². The van der Waals surface area contributed by atoms with E-state index in [0.29, 0.717) is 6.04 Å². The second-order valence-corrected chi connectivity index (χ2v) is 6.18. The highest BCUT2D eigenvalue weighted by atomic mass is 79.9. The van der Waals surface area contributed by atoms with E-state index >= 15 is 0 Å². The van der Waals surface area contributed by atoms with Crippen molar-refractivity contribution >= 4 is 15.9 Å². The van der Waals surface area contributed by atoms with E-state index in [1.807, 2.05) is 0 Å². The first-order valence-corrected chi connectivity index (χ1v) is 7.86. The zero-order valence-corrected chi connectivity index (χ0v) is 12.8. The maximum Gasteiger partial charge on any atom is 0.0642 e. The lowest BCUT2D eigenvalue weighted by Crippen LogP contribution is -2.43. The van der Waals surface area contributed by atoms with Crippen molar-refractivity contribution in [2.75, 3.05) is 46.1 Å². The normalized spacial score (nSPS) is 26.2. The lowest BCUT2D eigenvalue weighted by molar-refractivity contribution is 0.0375. The molecule has 0 spiro atoms. The Morgan fingerprint density at radius 1 is 1.05 bits per heavy atom. The summed E-state index contributed by atoms with van der Waals surface area (Å²) in [5.74, 6) is 0. The van der Waals surface area contributed by atoms with Gasteiger partial charge < -0.3 is 19.3 Å². The highest BCUT2D eigenvalue weighted by Crippen LogP contribution is 2.26. The first-order chi connectivity index (χ1) is 9.33. The molecule has 0 aromatic rings. The predicted molar refractivity (Wildman–Crippen MR) is 78.0 cm³/mol. The first-order valence-electron chi connectivity index (χ1n) is 7.07. The van der Waals surface area contributed by atoms with Gasteiger partial charge in [0.1, 0.15) is 0 Å². The fourth-order valence-electron chi connectivity index (χ4n) is 2.93. The summed E-state index contributed by atoms with van der Waals surface area (Å²) in [4.78, 5) is 4.92. The van der Waals surface area contributed by atoms with Gasteiger partial charge in [-0.1, -0.05) is 0 Å². The third-order valence-corrected chi connectivity index (χ3v) is 4.45. The summed E-state index contributed by atoms with van der Waals surface area (Å²) in [7, 11) is 0. The third kappa shape index (κ3) is 3.33. The molecule has 0 saturated carbocycles. The highest BCUT2D eigenvalue weighted by molar-refractivity contribution is 9.11. The second kappa shape index (κ2) is 6.29. The van der Waals surface area contributed by atoms with Crippen LogP contribution in [0.1, 0.15) is 12.8 Å². The zero-order chi connectivity index (χ0) is 13.1. The van der Waals surface area contributed by atoms with E-state index in [-0.39, 0.29) is 0 Å². The minimum atomic E-state index is 0.617. The molecule has 0 atom stereocenters. The van der Waals surface area contributed by atoms with E-state index in [4.69, 9.17) is 9.47 Å². The number of halogens is 1. The Kier molecular flexibility index (Phi) is 4.45. The molecule has 0 N–H and O–H groups in total. The molecule has 0 aromatic heterocycles. The average Bonchev–Trinajstić information content (AvgIpc) is 2.48. The van der Waals surface area contributed by atoms with E-state index < -0.39 is 0 Å².